The second-order valence-corrected chi connectivity index (χ2v) is 5.12. The van der Waals surface area contributed by atoms with Gasteiger partial charge in [0.15, 0.2) is 5.78 Å². The zero-order chi connectivity index (χ0) is 13.4. The molecule has 1 aliphatic carbocycles. The first kappa shape index (κ1) is 12.2. The molecule has 0 saturated carbocycles. The fraction of sp³-hybridized carbons (Fsp3) is 0.267. The topological polar surface area (TPSA) is 34.9 Å². The number of hydrogen-bond acceptors (Lipinski definition) is 3. The molecule has 0 aliphatic heterocycles. The number of rotatable bonds is 1. The number of fused-ring (bicyclic) bond motifs is 1. The van der Waals surface area contributed by atoms with Crippen molar-refractivity contribution >= 4 is 18.0 Å². The number of hydrogen-bond donors (Lipinski definition) is 0. The molecule has 0 fully saturated rings. The van der Waals surface area contributed by atoms with E-state index < -0.39 is 0 Å². The molecular formula is C15H14N2OS. The Morgan fingerprint density at radius 1 is 1.21 bits per heavy atom. The maximum Gasteiger partial charge on any atom is 0.167 e. The predicted octanol–water partition coefficient (Wildman–Crippen LogP) is 3.43. The molecule has 1 aliphatic rings. The lowest BCUT2D eigenvalue weighted by Gasteiger charge is -2.22. The van der Waals surface area contributed by atoms with E-state index in [1.807, 2.05) is 37.3 Å². The van der Waals surface area contributed by atoms with Crippen LogP contribution in [0, 0.1) is 11.6 Å². The van der Waals surface area contributed by atoms with Crippen LogP contribution in [-0.2, 0) is 6.42 Å². The summed E-state index contributed by atoms with van der Waals surface area (Å²) in [5, 5.41) is 0. The van der Waals surface area contributed by atoms with Gasteiger partial charge in [0.25, 0.3) is 0 Å². The first-order chi connectivity index (χ1) is 9.18. The highest BCUT2D eigenvalue weighted by atomic mass is 32.1. The van der Waals surface area contributed by atoms with Gasteiger partial charge in [0, 0.05) is 17.8 Å². The lowest BCUT2D eigenvalue weighted by atomic mass is 9.95. The summed E-state index contributed by atoms with van der Waals surface area (Å²) in [4.78, 5) is 16.5. The number of carbonyl (C=O) groups excluding carboxylic acids is 1. The highest BCUT2D eigenvalue weighted by Gasteiger charge is 2.23. The molecule has 1 heterocycles. The van der Waals surface area contributed by atoms with Crippen LogP contribution < -0.4 is 0 Å². The van der Waals surface area contributed by atoms with Crippen molar-refractivity contribution in [3.05, 3.63) is 52.1 Å². The molecule has 0 spiro atoms. The van der Waals surface area contributed by atoms with Crippen LogP contribution in [0.4, 0.5) is 0 Å². The lowest BCUT2D eigenvalue weighted by Crippen LogP contribution is -2.21. The van der Waals surface area contributed by atoms with Gasteiger partial charge in [0.2, 0.25) is 0 Å². The fourth-order valence-electron chi connectivity index (χ4n) is 2.66. The number of aromatic nitrogens is 2. The summed E-state index contributed by atoms with van der Waals surface area (Å²) in [7, 11) is 0. The standard InChI is InChI=1S/C15H14N2OS/c1-10-16-15(19)14-12(8-5-9-13(14)18)17(10)11-6-3-2-4-7-11/h2-4,6-7H,5,8-9H2,1H3. The van der Waals surface area contributed by atoms with E-state index in [4.69, 9.17) is 12.2 Å². The summed E-state index contributed by atoms with van der Waals surface area (Å²) in [5.41, 5.74) is 2.70. The molecule has 0 bridgehead atoms. The normalized spacial score (nSPS) is 14.3. The third kappa shape index (κ3) is 2.02. The number of aryl methyl sites for hydroxylation is 1. The maximum atomic E-state index is 12.1. The van der Waals surface area contributed by atoms with E-state index >= 15 is 0 Å². The summed E-state index contributed by atoms with van der Waals surface area (Å²) in [6, 6.07) is 10.0. The van der Waals surface area contributed by atoms with E-state index in [9.17, 15) is 4.79 Å². The molecule has 0 amide bonds. The minimum Gasteiger partial charge on any atom is -0.302 e. The van der Waals surface area contributed by atoms with E-state index in [0.717, 1.165) is 30.0 Å². The van der Waals surface area contributed by atoms with E-state index in [-0.39, 0.29) is 5.78 Å². The molecule has 3 rings (SSSR count). The van der Waals surface area contributed by atoms with Crippen LogP contribution in [0.25, 0.3) is 5.69 Å². The van der Waals surface area contributed by atoms with Crippen molar-refractivity contribution in [3.63, 3.8) is 0 Å². The summed E-state index contributed by atoms with van der Waals surface area (Å²) in [5.74, 6) is 0.966. The molecule has 19 heavy (non-hydrogen) atoms. The summed E-state index contributed by atoms with van der Waals surface area (Å²) in [6.45, 7) is 1.93. The van der Waals surface area contributed by atoms with Crippen molar-refractivity contribution in [2.75, 3.05) is 0 Å². The van der Waals surface area contributed by atoms with E-state index in [2.05, 4.69) is 9.55 Å². The first-order valence-corrected chi connectivity index (χ1v) is 6.80. The van der Waals surface area contributed by atoms with Gasteiger partial charge in [0.05, 0.1) is 5.56 Å². The molecule has 1 aromatic heterocycles. The SMILES string of the molecule is Cc1nc(=S)c2c(n1-c1ccccc1)CCCC2=O. The van der Waals surface area contributed by atoms with Crippen molar-refractivity contribution in [2.45, 2.75) is 26.2 Å². The van der Waals surface area contributed by atoms with Crippen LogP contribution in [0.3, 0.4) is 0 Å². The number of nitrogens with zero attached hydrogens (tertiary/aromatic N) is 2. The number of carbonyl (C=O) groups is 1. The van der Waals surface area contributed by atoms with Crippen LogP contribution in [0.1, 0.15) is 34.7 Å². The van der Waals surface area contributed by atoms with Crippen molar-refractivity contribution in [2.24, 2.45) is 0 Å². The van der Waals surface area contributed by atoms with Gasteiger partial charge in [0.1, 0.15) is 10.5 Å². The van der Waals surface area contributed by atoms with Gasteiger partial charge >= 0.3 is 0 Å². The van der Waals surface area contributed by atoms with Gasteiger partial charge in [-0.3, -0.25) is 4.79 Å². The molecule has 2 aromatic rings. The smallest absolute Gasteiger partial charge is 0.167 e. The van der Waals surface area contributed by atoms with Crippen LogP contribution in [0.5, 0.6) is 0 Å². The van der Waals surface area contributed by atoms with E-state index in [1.54, 1.807) is 0 Å². The molecule has 0 radical (unpaired) electrons. The highest BCUT2D eigenvalue weighted by Crippen LogP contribution is 2.25. The molecule has 3 nitrogen and oxygen atoms in total. The average molecular weight is 270 g/mol. The average Bonchev–Trinajstić information content (AvgIpc) is 2.39. The Morgan fingerprint density at radius 3 is 2.68 bits per heavy atom. The molecule has 1 aromatic carbocycles. The number of ketones is 1. The van der Waals surface area contributed by atoms with Crippen molar-refractivity contribution in [1.29, 1.82) is 0 Å². The Balaban J connectivity index is 2.34. The summed E-state index contributed by atoms with van der Waals surface area (Å²) in [6.07, 6.45) is 2.34. The molecule has 0 saturated heterocycles. The molecule has 0 unspecified atom stereocenters. The van der Waals surface area contributed by atoms with Gasteiger partial charge in [-0.1, -0.05) is 30.4 Å². The van der Waals surface area contributed by atoms with Gasteiger partial charge in [-0.25, -0.2) is 4.98 Å². The van der Waals surface area contributed by atoms with Gasteiger partial charge in [-0.2, -0.15) is 0 Å². The molecule has 4 heteroatoms. The monoisotopic (exact) mass is 270 g/mol. The Bertz CT molecular complexity index is 704. The lowest BCUT2D eigenvalue weighted by molar-refractivity contribution is 0.0970. The van der Waals surface area contributed by atoms with Crippen molar-refractivity contribution in [1.82, 2.24) is 9.55 Å². The first-order valence-electron chi connectivity index (χ1n) is 6.39. The van der Waals surface area contributed by atoms with E-state index in [0.29, 0.717) is 16.6 Å². The summed E-state index contributed by atoms with van der Waals surface area (Å²) >= 11 is 5.27. The third-order valence-electron chi connectivity index (χ3n) is 3.47. The van der Waals surface area contributed by atoms with Crippen LogP contribution >= 0.6 is 12.2 Å². The minimum atomic E-state index is 0.128. The van der Waals surface area contributed by atoms with Crippen molar-refractivity contribution in [3.8, 4) is 5.69 Å². The molecule has 0 N–H and O–H groups in total. The third-order valence-corrected chi connectivity index (χ3v) is 3.77. The largest absolute Gasteiger partial charge is 0.302 e. The van der Waals surface area contributed by atoms with Crippen LogP contribution in [0.15, 0.2) is 30.3 Å². The summed E-state index contributed by atoms with van der Waals surface area (Å²) < 4.78 is 2.51. The Kier molecular flexibility index (Phi) is 3.03. The zero-order valence-electron chi connectivity index (χ0n) is 10.7. The number of para-hydroxylation sites is 1. The second kappa shape index (κ2) is 4.70. The van der Waals surface area contributed by atoms with Gasteiger partial charge < -0.3 is 4.57 Å². The Hall–Kier alpha value is -1.81. The molecule has 0 atom stereocenters. The van der Waals surface area contributed by atoms with Crippen molar-refractivity contribution < 1.29 is 4.79 Å². The maximum absolute atomic E-state index is 12.1. The fourth-order valence-corrected chi connectivity index (χ4v) is 3.03. The number of benzene rings is 1. The van der Waals surface area contributed by atoms with Gasteiger partial charge in [-0.15, -0.1) is 0 Å². The number of Topliss-reactive ketones (excluding diaryl/α,β-unsaturated/α-hetero) is 1. The van der Waals surface area contributed by atoms with Crippen LogP contribution in [-0.4, -0.2) is 15.3 Å². The Morgan fingerprint density at radius 2 is 1.95 bits per heavy atom. The Labute approximate surface area is 116 Å². The van der Waals surface area contributed by atoms with E-state index in [1.165, 1.54) is 0 Å². The minimum absolute atomic E-state index is 0.128. The predicted molar refractivity (Wildman–Crippen MR) is 76.4 cm³/mol. The van der Waals surface area contributed by atoms with Crippen LogP contribution in [0.2, 0.25) is 0 Å². The van der Waals surface area contributed by atoms with Gasteiger partial charge in [-0.05, 0) is 31.9 Å². The quantitative estimate of drug-likeness (QED) is 0.745. The second-order valence-electron chi connectivity index (χ2n) is 4.73. The molecular weight excluding hydrogens is 256 g/mol. The molecule has 96 valence electrons. The zero-order valence-corrected chi connectivity index (χ0v) is 11.5. The highest BCUT2D eigenvalue weighted by molar-refractivity contribution is 7.71.